The van der Waals surface area contributed by atoms with Crippen molar-refractivity contribution >= 4 is 45.1 Å². The number of pyridine rings is 1. The number of aryl methyl sites for hydroxylation is 1. The van der Waals surface area contributed by atoms with Crippen LogP contribution in [0.3, 0.4) is 0 Å². The third kappa shape index (κ3) is 4.17. The number of hydrogen-bond donors (Lipinski definition) is 3. The molecule has 7 nitrogen and oxygen atoms in total. The van der Waals surface area contributed by atoms with Crippen LogP contribution in [0.2, 0.25) is 5.15 Å². The fraction of sp³-hybridized carbons (Fsp3) is 0.143. The fourth-order valence-electron chi connectivity index (χ4n) is 1.86. The number of aromatic amines is 1. The van der Waals surface area contributed by atoms with E-state index in [1.165, 1.54) is 0 Å². The van der Waals surface area contributed by atoms with Crippen LogP contribution in [-0.4, -0.2) is 25.1 Å². The Labute approximate surface area is 146 Å². The zero-order chi connectivity index (χ0) is 16.2. The second-order valence-corrected chi connectivity index (χ2v) is 6.00. The lowest BCUT2D eigenvalue weighted by Crippen LogP contribution is -2.06. The minimum atomic E-state index is 0.456. The molecule has 0 amide bonds. The molecule has 0 radical (unpaired) electrons. The largest absolute Gasteiger partial charge is 0.349 e. The Morgan fingerprint density at radius 3 is 2.91 bits per heavy atom. The molecule has 0 spiro atoms. The molecule has 0 aromatic carbocycles. The van der Waals surface area contributed by atoms with Crippen LogP contribution in [0.5, 0.6) is 0 Å². The van der Waals surface area contributed by atoms with E-state index in [2.05, 4.69) is 51.7 Å². The van der Waals surface area contributed by atoms with Crippen LogP contribution in [0.4, 0.5) is 17.6 Å². The van der Waals surface area contributed by atoms with Gasteiger partial charge in [-0.3, -0.25) is 5.10 Å². The molecule has 0 aliphatic rings. The molecule has 23 heavy (non-hydrogen) atoms. The molecule has 9 heteroatoms. The van der Waals surface area contributed by atoms with Crippen molar-refractivity contribution in [1.82, 2.24) is 25.1 Å². The van der Waals surface area contributed by atoms with Crippen molar-refractivity contribution in [3.63, 3.8) is 0 Å². The Hall–Kier alpha value is -2.19. The van der Waals surface area contributed by atoms with Crippen molar-refractivity contribution < 1.29 is 0 Å². The Morgan fingerprint density at radius 1 is 1.30 bits per heavy atom. The molecule has 3 aromatic rings. The minimum Gasteiger partial charge on any atom is -0.349 e. The molecule has 3 rings (SSSR count). The Kier molecular flexibility index (Phi) is 4.73. The second kappa shape index (κ2) is 6.93. The summed E-state index contributed by atoms with van der Waals surface area (Å²) in [4.78, 5) is 12.9. The zero-order valence-electron chi connectivity index (χ0n) is 12.1. The monoisotopic (exact) mass is 393 g/mol. The van der Waals surface area contributed by atoms with Gasteiger partial charge in [-0.15, -0.1) is 0 Å². The SMILES string of the molecule is Cc1cc(Nc2nc(NCc3cccc(Cl)n3)ncc2Br)n[nH]1. The fourth-order valence-corrected chi connectivity index (χ4v) is 2.33. The summed E-state index contributed by atoms with van der Waals surface area (Å²) >= 11 is 9.29. The van der Waals surface area contributed by atoms with E-state index >= 15 is 0 Å². The highest BCUT2D eigenvalue weighted by Crippen LogP contribution is 2.23. The van der Waals surface area contributed by atoms with E-state index < -0.39 is 0 Å². The van der Waals surface area contributed by atoms with Gasteiger partial charge in [0.15, 0.2) is 11.6 Å². The third-order valence-electron chi connectivity index (χ3n) is 2.90. The molecule has 118 valence electrons. The van der Waals surface area contributed by atoms with E-state index in [1.54, 1.807) is 12.3 Å². The molecule has 0 aliphatic heterocycles. The molecule has 0 saturated carbocycles. The third-order valence-corrected chi connectivity index (χ3v) is 3.69. The predicted octanol–water partition coefficient (Wildman–Crippen LogP) is 3.67. The van der Waals surface area contributed by atoms with Crippen molar-refractivity contribution in [2.45, 2.75) is 13.5 Å². The Bertz CT molecular complexity index is 820. The van der Waals surface area contributed by atoms with E-state index in [-0.39, 0.29) is 0 Å². The molecule has 0 saturated heterocycles. The summed E-state index contributed by atoms with van der Waals surface area (Å²) in [6, 6.07) is 7.34. The highest BCUT2D eigenvalue weighted by atomic mass is 79.9. The van der Waals surface area contributed by atoms with Gasteiger partial charge in [-0.05, 0) is 35.0 Å². The molecule has 0 unspecified atom stereocenters. The first kappa shape index (κ1) is 15.7. The molecule has 0 bridgehead atoms. The number of rotatable bonds is 5. The summed E-state index contributed by atoms with van der Waals surface area (Å²) in [5.41, 5.74) is 1.77. The number of nitrogens with one attached hydrogen (secondary N) is 3. The van der Waals surface area contributed by atoms with Crippen LogP contribution >= 0.6 is 27.5 Å². The average molecular weight is 395 g/mol. The van der Waals surface area contributed by atoms with E-state index in [1.807, 2.05) is 25.1 Å². The summed E-state index contributed by atoms with van der Waals surface area (Å²) in [5.74, 6) is 1.78. The maximum absolute atomic E-state index is 5.87. The first-order chi connectivity index (χ1) is 11.1. The Balaban J connectivity index is 1.72. The number of H-pyrrole nitrogens is 1. The maximum Gasteiger partial charge on any atom is 0.225 e. The average Bonchev–Trinajstić information content (AvgIpc) is 2.93. The number of anilines is 3. The summed E-state index contributed by atoms with van der Waals surface area (Å²) in [5, 5.41) is 13.7. The summed E-state index contributed by atoms with van der Waals surface area (Å²) in [6.45, 7) is 2.40. The molecular weight excluding hydrogens is 382 g/mol. The van der Waals surface area contributed by atoms with Crippen LogP contribution < -0.4 is 10.6 Å². The van der Waals surface area contributed by atoms with Gasteiger partial charge in [-0.25, -0.2) is 9.97 Å². The van der Waals surface area contributed by atoms with Crippen molar-refractivity contribution in [3.8, 4) is 0 Å². The van der Waals surface area contributed by atoms with E-state index in [0.29, 0.717) is 29.3 Å². The lowest BCUT2D eigenvalue weighted by molar-refractivity contribution is 0.998. The van der Waals surface area contributed by atoms with E-state index in [9.17, 15) is 0 Å². The van der Waals surface area contributed by atoms with Gasteiger partial charge < -0.3 is 10.6 Å². The quantitative estimate of drug-likeness (QED) is 0.572. The zero-order valence-corrected chi connectivity index (χ0v) is 14.5. The van der Waals surface area contributed by atoms with Gasteiger partial charge in [-0.2, -0.15) is 10.1 Å². The summed E-state index contributed by atoms with van der Waals surface area (Å²) in [7, 11) is 0. The first-order valence-electron chi connectivity index (χ1n) is 6.77. The summed E-state index contributed by atoms with van der Waals surface area (Å²) < 4.78 is 0.740. The summed E-state index contributed by atoms with van der Waals surface area (Å²) in [6.07, 6.45) is 1.67. The highest BCUT2D eigenvalue weighted by molar-refractivity contribution is 9.10. The van der Waals surface area contributed by atoms with Crippen molar-refractivity contribution in [3.05, 3.63) is 51.5 Å². The van der Waals surface area contributed by atoms with E-state index in [0.717, 1.165) is 15.9 Å². The topological polar surface area (TPSA) is 91.4 Å². The number of aromatic nitrogens is 5. The van der Waals surface area contributed by atoms with E-state index in [4.69, 9.17) is 11.6 Å². The normalized spacial score (nSPS) is 10.6. The standard InChI is InChI=1S/C14H13BrClN7/c1-8-5-12(23-22-8)20-13-10(15)7-18-14(21-13)17-6-9-3-2-4-11(16)19-9/h2-5,7H,6H2,1H3,(H3,17,18,20,21,22,23). The highest BCUT2D eigenvalue weighted by Gasteiger charge is 2.07. The van der Waals surface area contributed by atoms with Gasteiger partial charge in [0.25, 0.3) is 0 Å². The van der Waals surface area contributed by atoms with Crippen LogP contribution in [0.1, 0.15) is 11.4 Å². The minimum absolute atomic E-state index is 0.456. The molecular formula is C14H13BrClN7. The van der Waals surface area contributed by atoms with Gasteiger partial charge in [0, 0.05) is 18.0 Å². The number of hydrogen-bond acceptors (Lipinski definition) is 6. The number of halogens is 2. The van der Waals surface area contributed by atoms with Crippen LogP contribution in [0, 0.1) is 6.92 Å². The van der Waals surface area contributed by atoms with Gasteiger partial charge >= 0.3 is 0 Å². The smallest absolute Gasteiger partial charge is 0.225 e. The molecule has 3 N–H and O–H groups in total. The van der Waals surface area contributed by atoms with Gasteiger partial charge in [0.1, 0.15) is 5.15 Å². The van der Waals surface area contributed by atoms with Crippen LogP contribution in [0.15, 0.2) is 34.9 Å². The van der Waals surface area contributed by atoms with Crippen molar-refractivity contribution in [2.24, 2.45) is 0 Å². The maximum atomic E-state index is 5.87. The lowest BCUT2D eigenvalue weighted by atomic mass is 10.3. The van der Waals surface area contributed by atoms with Gasteiger partial charge in [0.05, 0.1) is 16.7 Å². The molecule has 0 fully saturated rings. The van der Waals surface area contributed by atoms with Crippen LogP contribution in [-0.2, 0) is 6.54 Å². The van der Waals surface area contributed by atoms with Gasteiger partial charge in [0.2, 0.25) is 5.95 Å². The van der Waals surface area contributed by atoms with Crippen molar-refractivity contribution in [2.75, 3.05) is 10.6 Å². The molecule has 3 heterocycles. The first-order valence-corrected chi connectivity index (χ1v) is 7.94. The predicted molar refractivity (Wildman–Crippen MR) is 92.9 cm³/mol. The number of nitrogens with zero attached hydrogens (tertiary/aromatic N) is 4. The van der Waals surface area contributed by atoms with Crippen molar-refractivity contribution in [1.29, 1.82) is 0 Å². The van der Waals surface area contributed by atoms with Gasteiger partial charge in [-0.1, -0.05) is 17.7 Å². The second-order valence-electron chi connectivity index (χ2n) is 4.76. The molecule has 3 aromatic heterocycles. The lowest BCUT2D eigenvalue weighted by Gasteiger charge is -2.08. The Morgan fingerprint density at radius 2 is 2.17 bits per heavy atom. The molecule has 0 aliphatic carbocycles. The molecule has 0 atom stereocenters. The van der Waals surface area contributed by atoms with Crippen LogP contribution in [0.25, 0.3) is 0 Å².